The van der Waals surface area contributed by atoms with Gasteiger partial charge in [-0.3, -0.25) is 22.9 Å². The quantitative estimate of drug-likeness (QED) is 0.380. The van der Waals surface area contributed by atoms with Gasteiger partial charge in [-0.2, -0.15) is 10.2 Å². The van der Waals surface area contributed by atoms with Gasteiger partial charge >= 0.3 is 0 Å². The summed E-state index contributed by atoms with van der Waals surface area (Å²) in [6.45, 7) is 0.299. The minimum Gasteiger partial charge on any atom is -0.334 e. The number of hydrogen-bond acceptors (Lipinski definition) is 5. The van der Waals surface area contributed by atoms with Crippen molar-refractivity contribution in [3.63, 3.8) is 0 Å². The highest BCUT2D eigenvalue weighted by atomic mass is 19.1. The maximum atomic E-state index is 13.6. The molecule has 0 saturated carbocycles. The maximum Gasteiger partial charge on any atom is 0.254 e. The number of nitrogens with zero attached hydrogens (tertiary/aromatic N) is 8. The molecule has 5 aromatic rings. The zero-order chi connectivity index (χ0) is 24.0. The van der Waals surface area contributed by atoms with Gasteiger partial charge in [-0.05, 0) is 12.1 Å². The summed E-state index contributed by atoms with van der Waals surface area (Å²) in [6, 6.07) is 11.0. The Kier molecular flexibility index (Phi) is 4.94. The monoisotopic (exact) mass is 470 g/mol. The van der Waals surface area contributed by atoms with Crippen molar-refractivity contribution in [3.05, 3.63) is 79.1 Å². The minimum absolute atomic E-state index is 0.0570. The maximum absolute atomic E-state index is 13.6. The smallest absolute Gasteiger partial charge is 0.254 e. The van der Waals surface area contributed by atoms with E-state index in [9.17, 15) is 9.18 Å². The first-order chi connectivity index (χ1) is 17.1. The topological polar surface area (TPSA) is 86.1 Å². The van der Waals surface area contributed by atoms with Crippen LogP contribution in [0.5, 0.6) is 0 Å². The van der Waals surface area contributed by atoms with Gasteiger partial charge in [0.1, 0.15) is 17.0 Å². The first kappa shape index (κ1) is 21.2. The highest BCUT2D eigenvalue weighted by molar-refractivity contribution is 5.94. The van der Waals surface area contributed by atoms with Crippen molar-refractivity contribution in [2.24, 2.45) is 7.05 Å². The number of carbonyl (C=O) groups excluding carboxylic acids is 1. The highest BCUT2D eigenvalue weighted by Crippen LogP contribution is 2.35. The molecule has 0 atom stereocenters. The number of likely N-dealkylation sites (tertiary alicyclic amines) is 1. The zero-order valence-corrected chi connectivity index (χ0v) is 19.1. The van der Waals surface area contributed by atoms with Crippen LogP contribution in [-0.4, -0.2) is 64.5 Å². The Balaban J connectivity index is 1.33. The summed E-state index contributed by atoms with van der Waals surface area (Å²) in [5.41, 5.74) is 3.21. The normalized spacial score (nSPS) is 14.9. The molecule has 0 bridgehead atoms. The van der Waals surface area contributed by atoms with Crippen LogP contribution in [-0.2, 0) is 12.6 Å². The Morgan fingerprint density at radius 3 is 2.63 bits per heavy atom. The average molecular weight is 471 g/mol. The summed E-state index contributed by atoms with van der Waals surface area (Å²) in [5.74, 6) is 0.621. The van der Waals surface area contributed by atoms with Crippen molar-refractivity contribution < 1.29 is 9.18 Å². The van der Waals surface area contributed by atoms with E-state index in [2.05, 4.69) is 15.2 Å². The van der Waals surface area contributed by atoms with E-state index in [4.69, 9.17) is 4.98 Å². The number of benzene rings is 1. The number of imidazole rings is 1. The number of fused-ring (bicyclic) bond motifs is 1. The number of aryl methyl sites for hydroxylation is 1. The van der Waals surface area contributed by atoms with E-state index >= 15 is 0 Å². The van der Waals surface area contributed by atoms with E-state index in [-0.39, 0.29) is 12.3 Å². The Labute approximate surface area is 200 Å². The molecule has 10 heteroatoms. The Morgan fingerprint density at radius 1 is 1.09 bits per heavy atom. The molecule has 1 amide bonds. The van der Waals surface area contributed by atoms with Crippen molar-refractivity contribution in [1.82, 2.24) is 38.8 Å². The Bertz CT molecular complexity index is 1510. The van der Waals surface area contributed by atoms with E-state index in [1.807, 2.05) is 54.3 Å². The van der Waals surface area contributed by atoms with Crippen LogP contribution >= 0.6 is 0 Å². The minimum atomic E-state index is -0.591. The standard InChI is InChI=1S/C25H23FN8O/c1-31-14-19(12-28-31)21-11-22-27-9-10-33(22)23(30-21)20-13-29-34(15-20)25(7-8-26)16-32(17-25)24(35)18-5-3-2-4-6-18/h2-6,9-15H,7-8,16-17H2,1H3. The van der Waals surface area contributed by atoms with Gasteiger partial charge < -0.3 is 4.90 Å². The molecule has 9 nitrogen and oxygen atoms in total. The predicted octanol–water partition coefficient (Wildman–Crippen LogP) is 3.20. The summed E-state index contributed by atoms with van der Waals surface area (Å²) in [6.07, 6.45) is 11.1. The second-order valence-corrected chi connectivity index (χ2v) is 8.89. The molecule has 1 fully saturated rings. The lowest BCUT2D eigenvalue weighted by Gasteiger charge is -2.49. The fourth-order valence-corrected chi connectivity index (χ4v) is 4.69. The van der Waals surface area contributed by atoms with Crippen LogP contribution in [0.2, 0.25) is 0 Å². The van der Waals surface area contributed by atoms with Gasteiger partial charge in [0, 0.05) is 68.5 Å². The zero-order valence-electron chi connectivity index (χ0n) is 19.1. The third-order valence-corrected chi connectivity index (χ3v) is 6.56. The second kappa shape index (κ2) is 8.15. The summed E-state index contributed by atoms with van der Waals surface area (Å²) < 4.78 is 19.0. The number of alkyl halides is 1. The van der Waals surface area contributed by atoms with Gasteiger partial charge in [-0.1, -0.05) is 18.2 Å². The van der Waals surface area contributed by atoms with Gasteiger partial charge in [0.05, 0.1) is 30.3 Å². The van der Waals surface area contributed by atoms with Crippen LogP contribution in [0.3, 0.4) is 0 Å². The second-order valence-electron chi connectivity index (χ2n) is 8.89. The largest absolute Gasteiger partial charge is 0.334 e. The molecule has 176 valence electrons. The fraction of sp³-hybridized carbons (Fsp3) is 0.240. The lowest BCUT2D eigenvalue weighted by molar-refractivity contribution is -0.00136. The number of aromatic nitrogens is 7. The number of carbonyl (C=O) groups is 1. The van der Waals surface area contributed by atoms with Gasteiger partial charge in [0.2, 0.25) is 0 Å². The number of amides is 1. The molecule has 1 saturated heterocycles. The summed E-state index contributed by atoms with van der Waals surface area (Å²) in [4.78, 5) is 23.9. The Hall–Kier alpha value is -4.34. The molecule has 0 N–H and O–H groups in total. The van der Waals surface area contributed by atoms with Crippen molar-refractivity contribution >= 4 is 11.6 Å². The fourth-order valence-electron chi connectivity index (χ4n) is 4.69. The third-order valence-electron chi connectivity index (χ3n) is 6.56. The summed E-state index contributed by atoms with van der Waals surface area (Å²) in [7, 11) is 1.86. The van der Waals surface area contributed by atoms with E-state index in [1.54, 1.807) is 45.0 Å². The first-order valence-electron chi connectivity index (χ1n) is 11.4. The lowest BCUT2D eigenvalue weighted by Crippen LogP contribution is -2.64. The van der Waals surface area contributed by atoms with E-state index in [0.717, 1.165) is 22.5 Å². The molecule has 1 aliphatic heterocycles. The van der Waals surface area contributed by atoms with Gasteiger partial charge in [0.15, 0.2) is 0 Å². The molecule has 0 unspecified atom stereocenters. The molecule has 6 rings (SSSR count). The molecule has 1 aliphatic rings. The van der Waals surface area contributed by atoms with Gasteiger partial charge in [0.25, 0.3) is 5.91 Å². The predicted molar refractivity (Wildman–Crippen MR) is 127 cm³/mol. The van der Waals surface area contributed by atoms with Crippen LogP contribution in [0.15, 0.2) is 73.6 Å². The summed E-state index contributed by atoms with van der Waals surface area (Å²) >= 11 is 0. The third kappa shape index (κ3) is 3.58. The Morgan fingerprint density at radius 2 is 1.89 bits per heavy atom. The molecular weight excluding hydrogens is 447 g/mol. The van der Waals surface area contributed by atoms with Crippen LogP contribution in [0.4, 0.5) is 4.39 Å². The van der Waals surface area contributed by atoms with Crippen molar-refractivity contribution in [2.75, 3.05) is 19.8 Å². The molecule has 0 radical (unpaired) electrons. The van der Waals surface area contributed by atoms with Gasteiger partial charge in [-0.25, -0.2) is 9.97 Å². The summed E-state index contributed by atoms with van der Waals surface area (Å²) in [5, 5.41) is 8.84. The van der Waals surface area contributed by atoms with Crippen LogP contribution in [0.1, 0.15) is 16.8 Å². The molecule has 5 heterocycles. The van der Waals surface area contributed by atoms with Crippen molar-refractivity contribution in [1.29, 1.82) is 0 Å². The van der Waals surface area contributed by atoms with Gasteiger partial charge in [-0.15, -0.1) is 0 Å². The average Bonchev–Trinajstić information content (AvgIpc) is 3.61. The molecule has 35 heavy (non-hydrogen) atoms. The molecule has 0 aliphatic carbocycles. The van der Waals surface area contributed by atoms with Crippen molar-refractivity contribution in [3.8, 4) is 22.6 Å². The molecular formula is C25H23FN8O. The van der Waals surface area contributed by atoms with E-state index < -0.39 is 12.2 Å². The van der Waals surface area contributed by atoms with Crippen molar-refractivity contribution in [2.45, 2.75) is 12.0 Å². The number of rotatable bonds is 6. The van der Waals surface area contributed by atoms with E-state index in [1.165, 1.54) is 0 Å². The first-order valence-corrected chi connectivity index (χ1v) is 11.4. The van der Waals surface area contributed by atoms with Crippen LogP contribution in [0.25, 0.3) is 28.3 Å². The van der Waals surface area contributed by atoms with Crippen LogP contribution in [0, 0.1) is 0 Å². The number of halogens is 1. The van der Waals surface area contributed by atoms with Crippen LogP contribution < -0.4 is 0 Å². The number of hydrogen-bond donors (Lipinski definition) is 0. The highest BCUT2D eigenvalue weighted by Gasteiger charge is 2.47. The van der Waals surface area contributed by atoms with E-state index in [0.29, 0.717) is 24.5 Å². The molecule has 4 aromatic heterocycles. The SMILES string of the molecule is Cn1cc(-c2cc3nccn3c(-c3cnn(C4(CCF)CN(C(=O)c5ccccc5)C4)c3)n2)cn1. The lowest BCUT2D eigenvalue weighted by atomic mass is 9.86. The molecule has 1 aromatic carbocycles. The molecule has 0 spiro atoms.